The second kappa shape index (κ2) is 14.1. The number of aliphatic imine (C=N–C) groups is 1. The van der Waals surface area contributed by atoms with Gasteiger partial charge >= 0.3 is 6.09 Å². The summed E-state index contributed by atoms with van der Waals surface area (Å²) in [7, 11) is -3.80. The highest BCUT2D eigenvalue weighted by Crippen LogP contribution is 2.24. The van der Waals surface area contributed by atoms with Gasteiger partial charge in [-0.05, 0) is 42.4 Å². The van der Waals surface area contributed by atoms with E-state index in [1.807, 2.05) is 35.7 Å². The number of nitrogens with one attached hydrogen (secondary N) is 3. The van der Waals surface area contributed by atoms with E-state index in [4.69, 9.17) is 21.5 Å². The minimum absolute atomic E-state index is 0.0202. The van der Waals surface area contributed by atoms with Crippen molar-refractivity contribution < 1.29 is 22.7 Å². The van der Waals surface area contributed by atoms with Crippen molar-refractivity contribution in [3.8, 4) is 0 Å². The van der Waals surface area contributed by atoms with Crippen molar-refractivity contribution in [2.24, 2.45) is 10.1 Å². The Kier molecular flexibility index (Phi) is 11.0. The monoisotopic (exact) mass is 565 g/mol. The number of thioether (sulfide) groups is 1. The highest BCUT2D eigenvalue weighted by Gasteiger charge is 2.23. The maximum atomic E-state index is 13.1. The maximum absolute atomic E-state index is 13.1. The summed E-state index contributed by atoms with van der Waals surface area (Å²) in [4.78, 5) is 30.1. The molecule has 198 valence electrons. The molecule has 10 nitrogen and oxygen atoms in total. The van der Waals surface area contributed by atoms with Crippen LogP contribution >= 0.6 is 23.4 Å². The van der Waals surface area contributed by atoms with Gasteiger partial charge in [-0.1, -0.05) is 54.1 Å². The average Bonchev–Trinajstić information content (AvgIpc) is 2.86. The molecule has 0 saturated heterocycles. The van der Waals surface area contributed by atoms with Crippen LogP contribution in [0.4, 0.5) is 4.79 Å². The summed E-state index contributed by atoms with van der Waals surface area (Å²) < 4.78 is 29.5. The summed E-state index contributed by atoms with van der Waals surface area (Å²) in [6, 6.07) is 15.5. The zero-order valence-electron chi connectivity index (χ0n) is 19.9. The highest BCUT2D eigenvalue weighted by molar-refractivity contribution is 8.03. The third-order valence-electron chi connectivity index (χ3n) is 5.10. The van der Waals surface area contributed by atoms with Crippen LogP contribution in [0.1, 0.15) is 30.4 Å². The van der Waals surface area contributed by atoms with Crippen LogP contribution in [0.2, 0.25) is 5.02 Å². The summed E-state index contributed by atoms with van der Waals surface area (Å²) in [5.41, 5.74) is 2.35. The molecule has 0 bridgehead atoms. The molecular formula is C24H28ClN5O5S2. The summed E-state index contributed by atoms with van der Waals surface area (Å²) in [6.45, 7) is 0.0918. The number of carbonyl (C=O) groups excluding carboxylic acids is 2. The molecule has 1 aliphatic heterocycles. The fourth-order valence-electron chi connectivity index (χ4n) is 3.35. The molecule has 1 aliphatic rings. The Morgan fingerprint density at radius 2 is 1.92 bits per heavy atom. The third-order valence-corrected chi connectivity index (χ3v) is 6.77. The average molecular weight is 566 g/mol. The number of benzene rings is 2. The molecule has 0 radical (unpaired) electrons. The van der Waals surface area contributed by atoms with Crippen molar-refractivity contribution in [2.45, 2.75) is 31.9 Å². The van der Waals surface area contributed by atoms with Gasteiger partial charge < -0.3 is 15.4 Å². The molecule has 2 aromatic carbocycles. The fourth-order valence-corrected chi connectivity index (χ4v) is 4.72. The third kappa shape index (κ3) is 10.5. The van der Waals surface area contributed by atoms with Gasteiger partial charge in [-0.3, -0.25) is 4.79 Å². The van der Waals surface area contributed by atoms with Crippen molar-refractivity contribution in [1.29, 1.82) is 0 Å². The summed E-state index contributed by atoms with van der Waals surface area (Å²) in [5, 5.41) is 12.8. The van der Waals surface area contributed by atoms with Crippen molar-refractivity contribution in [3.05, 3.63) is 76.2 Å². The number of amides is 2. The molecule has 0 spiro atoms. The van der Waals surface area contributed by atoms with Gasteiger partial charge in [0.25, 0.3) is 10.2 Å². The zero-order chi connectivity index (χ0) is 26.7. The number of amidine groups is 1. The smallest absolute Gasteiger partial charge is 0.408 e. The number of hydrogen-bond donors (Lipinski definition) is 4. The molecule has 5 N–H and O–H groups in total. The number of hydrogen-bond acceptors (Lipinski definition) is 7. The van der Waals surface area contributed by atoms with E-state index in [2.05, 4.69) is 20.3 Å². The van der Waals surface area contributed by atoms with Gasteiger partial charge in [0.15, 0.2) is 0 Å². The number of unbranched alkanes of at least 4 members (excludes halogenated alkanes) is 1. The van der Waals surface area contributed by atoms with Crippen molar-refractivity contribution in [1.82, 2.24) is 15.4 Å². The number of nitrogens with zero attached hydrogens (tertiary/aromatic N) is 1. The van der Waals surface area contributed by atoms with E-state index in [1.165, 1.54) is 11.8 Å². The second-order valence-corrected chi connectivity index (χ2v) is 10.7. The normalized spacial score (nSPS) is 14.2. The van der Waals surface area contributed by atoms with E-state index in [0.717, 1.165) is 11.3 Å². The number of halogens is 1. The van der Waals surface area contributed by atoms with Gasteiger partial charge in [-0.2, -0.15) is 8.42 Å². The van der Waals surface area contributed by atoms with E-state index < -0.39 is 28.3 Å². The van der Waals surface area contributed by atoms with Crippen LogP contribution in [-0.2, 0) is 26.3 Å². The van der Waals surface area contributed by atoms with Crippen LogP contribution in [0.5, 0.6) is 0 Å². The van der Waals surface area contributed by atoms with Gasteiger partial charge in [0, 0.05) is 17.1 Å². The van der Waals surface area contributed by atoms with Gasteiger partial charge in [-0.25, -0.2) is 19.6 Å². The Balaban J connectivity index is 1.61. The molecule has 1 atom stereocenters. The number of ether oxygens (including phenoxy) is 1. The minimum Gasteiger partial charge on any atom is -0.445 e. The zero-order valence-corrected chi connectivity index (χ0v) is 22.2. The molecule has 37 heavy (non-hydrogen) atoms. The lowest BCUT2D eigenvalue weighted by Gasteiger charge is -2.20. The molecule has 0 unspecified atom stereocenters. The number of alkyl carbamates (subject to hydrolysis) is 1. The maximum Gasteiger partial charge on any atom is 0.408 e. The first-order valence-corrected chi connectivity index (χ1v) is 14.4. The Labute approximate surface area is 225 Å². The molecule has 0 saturated carbocycles. The van der Waals surface area contributed by atoms with Crippen LogP contribution in [0.3, 0.4) is 0 Å². The van der Waals surface area contributed by atoms with E-state index in [1.54, 1.807) is 24.3 Å². The molecular weight excluding hydrogens is 538 g/mol. The lowest BCUT2D eigenvalue weighted by molar-refractivity contribution is -0.121. The predicted octanol–water partition coefficient (Wildman–Crippen LogP) is 3.16. The topological polar surface area (TPSA) is 152 Å². The molecule has 0 fully saturated rings. The van der Waals surface area contributed by atoms with Gasteiger partial charge in [0.2, 0.25) is 5.91 Å². The van der Waals surface area contributed by atoms with Crippen molar-refractivity contribution in [2.75, 3.05) is 12.3 Å². The Hall–Kier alpha value is -2.90. The molecule has 3 rings (SSSR count). The molecule has 0 aliphatic carbocycles. The summed E-state index contributed by atoms with van der Waals surface area (Å²) >= 11 is 7.46. The molecule has 2 amide bonds. The minimum atomic E-state index is -3.80. The van der Waals surface area contributed by atoms with Crippen LogP contribution in [0, 0.1) is 0 Å². The van der Waals surface area contributed by atoms with Crippen LogP contribution in [-0.4, -0.2) is 44.6 Å². The number of rotatable bonds is 11. The van der Waals surface area contributed by atoms with Gasteiger partial charge in [0.1, 0.15) is 18.5 Å². The summed E-state index contributed by atoms with van der Waals surface area (Å²) in [6.07, 6.45) is 0.321. The van der Waals surface area contributed by atoms with E-state index in [9.17, 15) is 18.0 Å². The predicted molar refractivity (Wildman–Crippen MR) is 146 cm³/mol. The van der Waals surface area contributed by atoms with Crippen LogP contribution < -0.4 is 20.5 Å². The first-order chi connectivity index (χ1) is 17.7. The van der Waals surface area contributed by atoms with Gasteiger partial charge in [0.05, 0.1) is 11.4 Å². The van der Waals surface area contributed by atoms with Crippen LogP contribution in [0.25, 0.3) is 5.70 Å². The lowest BCUT2D eigenvalue weighted by Crippen LogP contribution is -2.49. The van der Waals surface area contributed by atoms with Crippen molar-refractivity contribution in [3.63, 3.8) is 0 Å². The fraction of sp³-hybridized carbons (Fsp3) is 0.292. The molecule has 2 aromatic rings. The summed E-state index contributed by atoms with van der Waals surface area (Å²) in [5.74, 6) is 0.478. The molecule has 0 aromatic heterocycles. The van der Waals surface area contributed by atoms with E-state index in [-0.39, 0.29) is 19.6 Å². The Morgan fingerprint density at radius 1 is 1.14 bits per heavy atom. The Bertz CT molecular complexity index is 1260. The quantitative estimate of drug-likeness (QED) is 0.307. The first-order valence-electron chi connectivity index (χ1n) is 11.4. The standard InChI is InChI=1S/C24H28ClN5O5S2/c25-19-10-6-7-17(13-19)14-35-24(32)29-20(11-4-5-12-27-37(26,33)34)23(31)30-22-16-36-15-21(28-22)18-8-2-1-3-9-18/h1-3,6-10,13,15,20,27H,4-5,11-12,14,16H2,(H,29,32)(H2,26,33,34)(H,28,30,31)/t20-/m0/s1. The second-order valence-electron chi connectivity index (χ2n) is 8.07. The Morgan fingerprint density at radius 3 is 2.65 bits per heavy atom. The number of nitrogens with two attached hydrogens (primary N) is 1. The van der Waals surface area contributed by atoms with Crippen LogP contribution in [0.15, 0.2) is 65.0 Å². The SMILES string of the molecule is NS(=O)(=O)NCCCC[C@H](NC(=O)OCc1cccc(Cl)c1)C(=O)NC1=NC(c2ccccc2)=CSC1. The highest BCUT2D eigenvalue weighted by atomic mass is 35.5. The first kappa shape index (κ1) is 28.7. The molecule has 13 heteroatoms. The lowest BCUT2D eigenvalue weighted by atomic mass is 10.1. The van der Waals surface area contributed by atoms with Crippen molar-refractivity contribution >= 4 is 57.1 Å². The van der Waals surface area contributed by atoms with E-state index in [0.29, 0.717) is 35.0 Å². The van der Waals surface area contributed by atoms with E-state index >= 15 is 0 Å². The largest absolute Gasteiger partial charge is 0.445 e. The number of carbonyl (C=O) groups is 2. The van der Waals surface area contributed by atoms with Gasteiger partial charge in [-0.15, -0.1) is 11.8 Å². The molecule has 1 heterocycles.